The third kappa shape index (κ3) is 5.40. The number of benzene rings is 1. The standard InChI is InChI=1S/C18H18N4O2S2/c1-12-4-2-5-13(8-12)20-17(24)22-18-21-14(11-26-18)9-16(23)19-10-15-6-3-7-25-15/h2-8,11H,9-10H2,1H3,(H,19,23)(H2,20,21,22,24). The van der Waals surface area contributed by atoms with E-state index in [9.17, 15) is 9.59 Å². The first-order valence-corrected chi connectivity index (χ1v) is 9.72. The molecule has 134 valence electrons. The Morgan fingerprint density at radius 2 is 2.00 bits per heavy atom. The molecule has 8 heteroatoms. The molecule has 0 aliphatic rings. The SMILES string of the molecule is Cc1cccc(NC(=O)Nc2nc(CC(=O)NCc3cccs3)cs2)c1. The van der Waals surface area contributed by atoms with Gasteiger partial charge in [-0.05, 0) is 36.1 Å². The van der Waals surface area contributed by atoms with E-state index in [1.165, 1.54) is 11.3 Å². The quantitative estimate of drug-likeness (QED) is 0.598. The summed E-state index contributed by atoms with van der Waals surface area (Å²) in [6, 6.07) is 11.1. The maximum Gasteiger partial charge on any atom is 0.325 e. The van der Waals surface area contributed by atoms with Crippen LogP contribution in [0.15, 0.2) is 47.2 Å². The van der Waals surface area contributed by atoms with Crippen LogP contribution in [0.1, 0.15) is 16.1 Å². The summed E-state index contributed by atoms with van der Waals surface area (Å²) in [4.78, 5) is 29.4. The summed E-state index contributed by atoms with van der Waals surface area (Å²) in [5.41, 5.74) is 2.41. The number of nitrogens with one attached hydrogen (secondary N) is 3. The van der Waals surface area contributed by atoms with Gasteiger partial charge in [-0.2, -0.15) is 0 Å². The Bertz CT molecular complexity index is 890. The van der Waals surface area contributed by atoms with Crippen LogP contribution >= 0.6 is 22.7 Å². The lowest BCUT2D eigenvalue weighted by Crippen LogP contribution is -2.24. The van der Waals surface area contributed by atoms with Crippen LogP contribution in [0.3, 0.4) is 0 Å². The van der Waals surface area contributed by atoms with Gasteiger partial charge in [-0.1, -0.05) is 18.2 Å². The molecular formula is C18H18N4O2S2. The Morgan fingerprint density at radius 1 is 1.12 bits per heavy atom. The Hall–Kier alpha value is -2.71. The topological polar surface area (TPSA) is 83.1 Å². The molecule has 0 unspecified atom stereocenters. The molecule has 3 rings (SSSR count). The van der Waals surface area contributed by atoms with E-state index in [1.54, 1.807) is 16.7 Å². The summed E-state index contributed by atoms with van der Waals surface area (Å²) in [6.45, 7) is 2.48. The predicted octanol–water partition coefficient (Wildman–Crippen LogP) is 4.02. The van der Waals surface area contributed by atoms with Crippen molar-refractivity contribution < 1.29 is 9.59 Å². The molecule has 0 fully saturated rings. The van der Waals surface area contributed by atoms with Crippen molar-refractivity contribution >= 4 is 45.4 Å². The zero-order valence-electron chi connectivity index (χ0n) is 14.1. The summed E-state index contributed by atoms with van der Waals surface area (Å²) >= 11 is 2.89. The van der Waals surface area contributed by atoms with E-state index in [-0.39, 0.29) is 18.4 Å². The van der Waals surface area contributed by atoms with Crippen molar-refractivity contribution in [3.63, 3.8) is 0 Å². The van der Waals surface area contributed by atoms with Crippen molar-refractivity contribution in [3.8, 4) is 0 Å². The summed E-state index contributed by atoms with van der Waals surface area (Å²) < 4.78 is 0. The van der Waals surface area contributed by atoms with E-state index in [1.807, 2.05) is 48.7 Å². The second-order valence-corrected chi connectivity index (χ2v) is 7.52. The molecular weight excluding hydrogens is 368 g/mol. The van der Waals surface area contributed by atoms with Crippen LogP contribution in [0, 0.1) is 6.92 Å². The Balaban J connectivity index is 1.47. The van der Waals surface area contributed by atoms with Gasteiger partial charge in [0, 0.05) is 15.9 Å². The highest BCUT2D eigenvalue weighted by Crippen LogP contribution is 2.17. The summed E-state index contributed by atoms with van der Waals surface area (Å²) in [5.74, 6) is -0.0977. The summed E-state index contributed by atoms with van der Waals surface area (Å²) in [6.07, 6.45) is 0.184. The number of nitrogens with zero attached hydrogens (tertiary/aromatic N) is 1. The van der Waals surface area contributed by atoms with Gasteiger partial charge in [0.2, 0.25) is 5.91 Å². The average Bonchev–Trinajstić information content (AvgIpc) is 3.25. The Morgan fingerprint density at radius 3 is 2.77 bits per heavy atom. The van der Waals surface area contributed by atoms with Crippen molar-refractivity contribution in [3.05, 3.63) is 63.3 Å². The van der Waals surface area contributed by atoms with Gasteiger partial charge in [0.1, 0.15) is 0 Å². The van der Waals surface area contributed by atoms with E-state index in [2.05, 4.69) is 20.9 Å². The monoisotopic (exact) mass is 386 g/mol. The number of hydrogen-bond donors (Lipinski definition) is 3. The molecule has 2 heterocycles. The molecule has 3 aromatic rings. The Labute approximate surface area is 159 Å². The molecule has 2 aromatic heterocycles. The molecule has 6 nitrogen and oxygen atoms in total. The van der Waals surface area contributed by atoms with Crippen LogP contribution in [-0.2, 0) is 17.8 Å². The maximum atomic E-state index is 12.0. The molecule has 0 aliphatic heterocycles. The van der Waals surface area contributed by atoms with Gasteiger partial charge in [0.25, 0.3) is 0 Å². The highest BCUT2D eigenvalue weighted by atomic mass is 32.1. The molecule has 0 radical (unpaired) electrons. The first kappa shape index (κ1) is 18.1. The molecule has 0 saturated carbocycles. The van der Waals surface area contributed by atoms with Gasteiger partial charge < -0.3 is 10.6 Å². The van der Waals surface area contributed by atoms with Gasteiger partial charge in [-0.15, -0.1) is 22.7 Å². The number of urea groups is 1. The minimum absolute atomic E-state index is 0.0977. The number of thiazole rings is 1. The molecule has 26 heavy (non-hydrogen) atoms. The van der Waals surface area contributed by atoms with Gasteiger partial charge in [-0.25, -0.2) is 9.78 Å². The number of aromatic nitrogens is 1. The van der Waals surface area contributed by atoms with E-state index in [0.717, 1.165) is 10.4 Å². The lowest BCUT2D eigenvalue weighted by Gasteiger charge is -2.06. The van der Waals surface area contributed by atoms with Crippen LogP contribution in [0.5, 0.6) is 0 Å². The molecule has 0 atom stereocenters. The number of amides is 3. The second-order valence-electron chi connectivity index (χ2n) is 5.63. The minimum Gasteiger partial charge on any atom is -0.351 e. The van der Waals surface area contributed by atoms with Gasteiger partial charge in [0.15, 0.2) is 5.13 Å². The average molecular weight is 387 g/mol. The Kier molecular flexibility index (Phi) is 5.98. The van der Waals surface area contributed by atoms with E-state index < -0.39 is 0 Å². The molecule has 0 saturated heterocycles. The van der Waals surface area contributed by atoms with E-state index in [0.29, 0.717) is 23.1 Å². The number of rotatable bonds is 6. The van der Waals surface area contributed by atoms with Crippen molar-refractivity contribution in [1.29, 1.82) is 0 Å². The number of aryl methyl sites for hydroxylation is 1. The lowest BCUT2D eigenvalue weighted by molar-refractivity contribution is -0.120. The fraction of sp³-hybridized carbons (Fsp3) is 0.167. The molecule has 0 spiro atoms. The maximum absolute atomic E-state index is 12.0. The number of carbonyl (C=O) groups is 2. The van der Waals surface area contributed by atoms with Gasteiger partial charge >= 0.3 is 6.03 Å². The van der Waals surface area contributed by atoms with E-state index in [4.69, 9.17) is 0 Å². The molecule has 1 aromatic carbocycles. The number of carbonyl (C=O) groups excluding carboxylic acids is 2. The summed E-state index contributed by atoms with van der Waals surface area (Å²) in [5, 5.41) is 12.5. The minimum atomic E-state index is -0.362. The molecule has 0 aliphatic carbocycles. The fourth-order valence-electron chi connectivity index (χ4n) is 2.25. The largest absolute Gasteiger partial charge is 0.351 e. The number of anilines is 2. The normalized spacial score (nSPS) is 10.3. The van der Waals surface area contributed by atoms with Crippen LogP contribution in [0.4, 0.5) is 15.6 Å². The van der Waals surface area contributed by atoms with Crippen molar-refractivity contribution in [2.24, 2.45) is 0 Å². The van der Waals surface area contributed by atoms with Crippen LogP contribution < -0.4 is 16.0 Å². The predicted molar refractivity (Wildman–Crippen MR) is 106 cm³/mol. The van der Waals surface area contributed by atoms with Crippen LogP contribution in [0.25, 0.3) is 0 Å². The van der Waals surface area contributed by atoms with Crippen LogP contribution in [-0.4, -0.2) is 16.9 Å². The van der Waals surface area contributed by atoms with Gasteiger partial charge in [0.05, 0.1) is 18.7 Å². The van der Waals surface area contributed by atoms with Gasteiger partial charge in [-0.3, -0.25) is 10.1 Å². The fourth-order valence-corrected chi connectivity index (χ4v) is 3.60. The first-order chi connectivity index (χ1) is 12.6. The highest BCUT2D eigenvalue weighted by Gasteiger charge is 2.10. The van der Waals surface area contributed by atoms with Crippen molar-refractivity contribution in [1.82, 2.24) is 10.3 Å². The third-order valence-corrected chi connectivity index (χ3v) is 5.11. The lowest BCUT2D eigenvalue weighted by atomic mass is 10.2. The second kappa shape index (κ2) is 8.59. The zero-order chi connectivity index (χ0) is 18.4. The zero-order valence-corrected chi connectivity index (χ0v) is 15.7. The van der Waals surface area contributed by atoms with Crippen molar-refractivity contribution in [2.45, 2.75) is 19.9 Å². The summed E-state index contributed by atoms with van der Waals surface area (Å²) in [7, 11) is 0. The number of hydrogen-bond acceptors (Lipinski definition) is 5. The third-order valence-electron chi connectivity index (χ3n) is 3.43. The van der Waals surface area contributed by atoms with Crippen molar-refractivity contribution in [2.75, 3.05) is 10.6 Å². The molecule has 3 amide bonds. The van der Waals surface area contributed by atoms with E-state index >= 15 is 0 Å². The smallest absolute Gasteiger partial charge is 0.325 e. The highest BCUT2D eigenvalue weighted by molar-refractivity contribution is 7.14. The molecule has 0 bridgehead atoms. The molecule has 3 N–H and O–H groups in total. The van der Waals surface area contributed by atoms with Crippen LogP contribution in [0.2, 0.25) is 0 Å². The first-order valence-electron chi connectivity index (χ1n) is 7.96. The number of thiophene rings is 1.